The van der Waals surface area contributed by atoms with Crippen LogP contribution in [0.4, 0.5) is 0 Å². The van der Waals surface area contributed by atoms with Gasteiger partial charge in [0.2, 0.25) is 0 Å². The van der Waals surface area contributed by atoms with Crippen LogP contribution in [-0.2, 0) is 5.54 Å². The fourth-order valence-electron chi connectivity index (χ4n) is 2.50. The maximum atomic E-state index is 9.38. The largest absolute Gasteiger partial charge is 0.393 e. The standard InChI is InChI=1S/C12H14N2O/c13-12(6-9(15)7-12)10-3-1-2-8-4-5-14-11(8)10/h1-5,9,14-15H,6-7,13H2. The first-order chi connectivity index (χ1) is 7.19. The molecule has 15 heavy (non-hydrogen) atoms. The molecule has 0 atom stereocenters. The number of aliphatic hydroxyl groups excluding tert-OH is 1. The highest BCUT2D eigenvalue weighted by atomic mass is 16.3. The summed E-state index contributed by atoms with van der Waals surface area (Å²) < 4.78 is 0. The summed E-state index contributed by atoms with van der Waals surface area (Å²) in [4.78, 5) is 3.22. The Morgan fingerprint density at radius 2 is 2.13 bits per heavy atom. The number of hydrogen-bond donors (Lipinski definition) is 3. The van der Waals surface area contributed by atoms with Crippen LogP contribution in [0.2, 0.25) is 0 Å². The number of hydrogen-bond acceptors (Lipinski definition) is 2. The third-order valence-electron chi connectivity index (χ3n) is 3.32. The van der Waals surface area contributed by atoms with Crippen molar-refractivity contribution in [2.45, 2.75) is 24.5 Å². The molecule has 1 saturated carbocycles. The Bertz CT molecular complexity index is 497. The van der Waals surface area contributed by atoms with Gasteiger partial charge in [-0.3, -0.25) is 0 Å². The van der Waals surface area contributed by atoms with E-state index in [-0.39, 0.29) is 11.6 Å². The second kappa shape index (κ2) is 2.84. The molecule has 0 bridgehead atoms. The summed E-state index contributed by atoms with van der Waals surface area (Å²) in [5.41, 5.74) is 8.14. The number of aromatic nitrogens is 1. The van der Waals surface area contributed by atoms with Gasteiger partial charge in [0.25, 0.3) is 0 Å². The van der Waals surface area contributed by atoms with Crippen LogP contribution in [0.15, 0.2) is 30.5 Å². The van der Waals surface area contributed by atoms with E-state index in [1.54, 1.807) is 0 Å². The smallest absolute Gasteiger partial charge is 0.0582 e. The van der Waals surface area contributed by atoms with Crippen LogP contribution in [0.5, 0.6) is 0 Å². The lowest BCUT2D eigenvalue weighted by molar-refractivity contribution is 0.0216. The van der Waals surface area contributed by atoms with Gasteiger partial charge < -0.3 is 15.8 Å². The average molecular weight is 202 g/mol. The van der Waals surface area contributed by atoms with E-state index in [9.17, 15) is 5.11 Å². The van der Waals surface area contributed by atoms with Crippen LogP contribution in [0.1, 0.15) is 18.4 Å². The van der Waals surface area contributed by atoms with Crippen molar-refractivity contribution >= 4 is 10.9 Å². The molecular formula is C12H14N2O. The van der Waals surface area contributed by atoms with E-state index in [4.69, 9.17) is 5.73 Å². The quantitative estimate of drug-likeness (QED) is 0.656. The minimum Gasteiger partial charge on any atom is -0.393 e. The van der Waals surface area contributed by atoms with Gasteiger partial charge in [-0.25, -0.2) is 0 Å². The summed E-state index contributed by atoms with van der Waals surface area (Å²) in [5.74, 6) is 0. The molecule has 1 aliphatic rings. The minimum absolute atomic E-state index is 0.236. The van der Waals surface area contributed by atoms with Crippen molar-refractivity contribution in [3.63, 3.8) is 0 Å². The number of benzene rings is 1. The van der Waals surface area contributed by atoms with E-state index in [2.05, 4.69) is 11.1 Å². The van der Waals surface area contributed by atoms with Gasteiger partial charge >= 0.3 is 0 Å². The van der Waals surface area contributed by atoms with Crippen LogP contribution in [-0.4, -0.2) is 16.2 Å². The molecule has 1 fully saturated rings. The number of para-hydroxylation sites is 1. The van der Waals surface area contributed by atoms with Crippen LogP contribution in [0.25, 0.3) is 10.9 Å². The molecule has 1 aromatic carbocycles. The number of nitrogens with two attached hydrogens (primary N) is 1. The lowest BCUT2D eigenvalue weighted by atomic mass is 9.70. The normalized spacial score (nSPS) is 30.4. The predicted molar refractivity (Wildman–Crippen MR) is 59.4 cm³/mol. The monoisotopic (exact) mass is 202 g/mol. The maximum Gasteiger partial charge on any atom is 0.0582 e. The van der Waals surface area contributed by atoms with Crippen molar-refractivity contribution in [3.05, 3.63) is 36.0 Å². The highest BCUT2D eigenvalue weighted by molar-refractivity contribution is 5.83. The molecule has 4 N–H and O–H groups in total. The van der Waals surface area contributed by atoms with Crippen molar-refractivity contribution in [2.24, 2.45) is 5.73 Å². The highest BCUT2D eigenvalue weighted by Crippen LogP contribution is 2.41. The first-order valence-corrected chi connectivity index (χ1v) is 5.23. The zero-order chi connectivity index (χ0) is 10.5. The summed E-state index contributed by atoms with van der Waals surface area (Å²) in [6, 6.07) is 8.17. The number of aromatic amines is 1. The van der Waals surface area contributed by atoms with Gasteiger partial charge in [0.15, 0.2) is 0 Å². The minimum atomic E-state index is -0.343. The molecule has 0 aliphatic heterocycles. The Balaban J connectivity index is 2.14. The summed E-state index contributed by atoms with van der Waals surface area (Å²) in [6.45, 7) is 0. The average Bonchev–Trinajstić information content (AvgIpc) is 2.62. The molecule has 0 unspecified atom stereocenters. The van der Waals surface area contributed by atoms with Crippen molar-refractivity contribution in [3.8, 4) is 0 Å². The molecule has 1 heterocycles. The van der Waals surface area contributed by atoms with Crippen LogP contribution >= 0.6 is 0 Å². The Kier molecular flexibility index (Phi) is 1.69. The first-order valence-electron chi connectivity index (χ1n) is 5.23. The zero-order valence-electron chi connectivity index (χ0n) is 8.40. The topological polar surface area (TPSA) is 62.0 Å². The Labute approximate surface area is 87.9 Å². The lowest BCUT2D eigenvalue weighted by Gasteiger charge is -2.42. The molecule has 0 saturated heterocycles. The third kappa shape index (κ3) is 1.20. The molecule has 78 valence electrons. The van der Waals surface area contributed by atoms with Gasteiger partial charge in [0, 0.05) is 11.7 Å². The second-order valence-corrected chi connectivity index (χ2v) is 4.47. The van der Waals surface area contributed by atoms with Gasteiger partial charge in [-0.1, -0.05) is 18.2 Å². The van der Waals surface area contributed by atoms with E-state index in [1.807, 2.05) is 24.4 Å². The molecule has 3 heteroatoms. The Hall–Kier alpha value is -1.32. The molecule has 2 aromatic rings. The second-order valence-electron chi connectivity index (χ2n) is 4.47. The van der Waals surface area contributed by atoms with E-state index in [0.29, 0.717) is 12.8 Å². The maximum absolute atomic E-state index is 9.38. The van der Waals surface area contributed by atoms with Crippen LogP contribution in [0, 0.1) is 0 Å². The number of H-pyrrole nitrogens is 1. The molecule has 0 spiro atoms. The lowest BCUT2D eigenvalue weighted by Crippen LogP contribution is -2.51. The molecule has 1 aromatic heterocycles. The van der Waals surface area contributed by atoms with Crippen molar-refractivity contribution in [2.75, 3.05) is 0 Å². The fourth-order valence-corrected chi connectivity index (χ4v) is 2.50. The molecular weight excluding hydrogens is 188 g/mol. The molecule has 0 radical (unpaired) electrons. The summed E-state index contributed by atoms with van der Waals surface area (Å²) in [6.07, 6.45) is 3.00. The zero-order valence-corrected chi connectivity index (χ0v) is 8.40. The SMILES string of the molecule is NC1(c2cccc3cc[nH]c23)CC(O)C1. The Morgan fingerprint density at radius 3 is 2.87 bits per heavy atom. The summed E-state index contributed by atoms with van der Waals surface area (Å²) >= 11 is 0. The molecule has 3 nitrogen and oxygen atoms in total. The van der Waals surface area contributed by atoms with Gasteiger partial charge in [-0.15, -0.1) is 0 Å². The van der Waals surface area contributed by atoms with Gasteiger partial charge in [0.1, 0.15) is 0 Å². The van der Waals surface area contributed by atoms with Gasteiger partial charge in [-0.2, -0.15) is 0 Å². The van der Waals surface area contributed by atoms with Gasteiger partial charge in [0.05, 0.1) is 11.6 Å². The van der Waals surface area contributed by atoms with E-state index in [1.165, 1.54) is 5.39 Å². The third-order valence-corrected chi connectivity index (χ3v) is 3.32. The van der Waals surface area contributed by atoms with E-state index < -0.39 is 0 Å². The number of aliphatic hydroxyl groups is 1. The summed E-state index contributed by atoms with van der Waals surface area (Å²) in [5, 5.41) is 10.6. The summed E-state index contributed by atoms with van der Waals surface area (Å²) in [7, 11) is 0. The molecule has 3 rings (SSSR count). The predicted octanol–water partition coefficient (Wildman–Crippen LogP) is 1.48. The molecule has 0 amide bonds. The highest BCUT2D eigenvalue weighted by Gasteiger charge is 2.42. The molecule has 1 aliphatic carbocycles. The number of rotatable bonds is 1. The van der Waals surface area contributed by atoms with Crippen molar-refractivity contribution in [1.82, 2.24) is 4.98 Å². The number of fused-ring (bicyclic) bond motifs is 1. The fraction of sp³-hybridized carbons (Fsp3) is 0.333. The van der Waals surface area contributed by atoms with Crippen molar-refractivity contribution < 1.29 is 5.11 Å². The van der Waals surface area contributed by atoms with Crippen LogP contribution in [0.3, 0.4) is 0 Å². The van der Waals surface area contributed by atoms with E-state index in [0.717, 1.165) is 11.1 Å². The van der Waals surface area contributed by atoms with Gasteiger partial charge in [-0.05, 0) is 29.9 Å². The number of nitrogens with one attached hydrogen (secondary N) is 1. The Morgan fingerprint density at radius 1 is 1.33 bits per heavy atom. The first kappa shape index (κ1) is 8.95. The van der Waals surface area contributed by atoms with Crippen molar-refractivity contribution in [1.29, 1.82) is 0 Å². The van der Waals surface area contributed by atoms with Crippen LogP contribution < -0.4 is 5.73 Å². The van der Waals surface area contributed by atoms with E-state index >= 15 is 0 Å².